The lowest BCUT2D eigenvalue weighted by Gasteiger charge is -1.97. The first-order valence-corrected chi connectivity index (χ1v) is 6.76. The van der Waals surface area contributed by atoms with E-state index in [1.807, 2.05) is 0 Å². The Morgan fingerprint density at radius 3 is 3.11 bits per heavy atom. The predicted octanol–water partition coefficient (Wildman–Crippen LogP) is 0.713. The highest BCUT2D eigenvalue weighted by Crippen LogP contribution is 2.26. The van der Waals surface area contributed by atoms with Crippen molar-refractivity contribution >= 4 is 29.3 Å². The fraction of sp³-hybridized carbons (Fsp3) is 0.500. The molecule has 2 heterocycles. The molecule has 0 atom stereocenters. The van der Waals surface area contributed by atoms with Crippen LogP contribution in [0.3, 0.4) is 0 Å². The summed E-state index contributed by atoms with van der Waals surface area (Å²) in [6.07, 6.45) is 1.81. The van der Waals surface area contributed by atoms with Gasteiger partial charge in [-0.15, -0.1) is 5.10 Å². The van der Waals surface area contributed by atoms with E-state index in [2.05, 4.69) is 31.8 Å². The molecule has 0 aliphatic rings. The molecule has 0 saturated heterocycles. The first-order chi connectivity index (χ1) is 8.69. The molecule has 0 aromatic carbocycles. The van der Waals surface area contributed by atoms with Crippen LogP contribution < -0.4 is 0 Å². The molecule has 2 aromatic heterocycles. The van der Waals surface area contributed by atoms with Gasteiger partial charge in [-0.2, -0.15) is 4.37 Å². The van der Waals surface area contributed by atoms with Gasteiger partial charge in [0.15, 0.2) is 4.34 Å². The second-order valence-corrected chi connectivity index (χ2v) is 5.31. The summed E-state index contributed by atoms with van der Waals surface area (Å²) in [6, 6.07) is 0. The second kappa shape index (κ2) is 5.87. The van der Waals surface area contributed by atoms with Crippen molar-refractivity contribution in [2.24, 2.45) is 0 Å². The van der Waals surface area contributed by atoms with E-state index in [0.717, 1.165) is 18.7 Å². The minimum absolute atomic E-state index is 0.268. The van der Waals surface area contributed by atoms with Crippen molar-refractivity contribution in [2.75, 3.05) is 0 Å². The Morgan fingerprint density at radius 2 is 2.39 bits per heavy atom. The Labute approximate surface area is 111 Å². The summed E-state index contributed by atoms with van der Waals surface area (Å²) in [5.41, 5.74) is 0. The first kappa shape index (κ1) is 12.9. The van der Waals surface area contributed by atoms with Crippen LogP contribution in [-0.2, 0) is 17.8 Å². The van der Waals surface area contributed by atoms with E-state index in [1.165, 1.54) is 28.0 Å². The van der Waals surface area contributed by atoms with Crippen LogP contribution in [-0.4, -0.2) is 40.6 Å². The predicted molar refractivity (Wildman–Crippen MR) is 63.5 cm³/mol. The van der Waals surface area contributed by atoms with Gasteiger partial charge in [-0.25, -0.2) is 9.67 Å². The van der Waals surface area contributed by atoms with E-state index in [1.54, 1.807) is 0 Å². The summed E-state index contributed by atoms with van der Waals surface area (Å²) in [7, 11) is 0. The molecule has 18 heavy (non-hydrogen) atoms. The maximum absolute atomic E-state index is 10.6. The number of rotatable bonds is 6. The van der Waals surface area contributed by atoms with Crippen molar-refractivity contribution in [2.45, 2.75) is 35.8 Å². The van der Waals surface area contributed by atoms with Gasteiger partial charge in [0.1, 0.15) is 12.4 Å². The standard InChI is InChI=1S/C8H10N6O2S2/c1-2-3-5-9-8(18-11-5)17-7-10-12-13-14(7)4-6(15)16/h2-4H2,1H3,(H,15,16). The molecule has 2 rings (SSSR count). The maximum atomic E-state index is 10.6. The largest absolute Gasteiger partial charge is 0.480 e. The number of hydrogen-bond donors (Lipinski definition) is 1. The summed E-state index contributed by atoms with van der Waals surface area (Å²) >= 11 is 2.48. The third kappa shape index (κ3) is 3.23. The van der Waals surface area contributed by atoms with Crippen molar-refractivity contribution in [3.05, 3.63) is 5.82 Å². The summed E-state index contributed by atoms with van der Waals surface area (Å²) < 4.78 is 6.12. The van der Waals surface area contributed by atoms with Crippen LogP contribution in [0.25, 0.3) is 0 Å². The van der Waals surface area contributed by atoms with Crippen LogP contribution in [0.15, 0.2) is 9.50 Å². The van der Waals surface area contributed by atoms with Crippen molar-refractivity contribution in [3.8, 4) is 0 Å². The number of carbonyl (C=O) groups is 1. The summed E-state index contributed by atoms with van der Waals surface area (Å²) in [4.78, 5) is 14.9. The van der Waals surface area contributed by atoms with E-state index >= 15 is 0 Å². The van der Waals surface area contributed by atoms with Crippen LogP contribution in [0, 0.1) is 0 Å². The van der Waals surface area contributed by atoms with Crippen molar-refractivity contribution in [3.63, 3.8) is 0 Å². The molecule has 0 bridgehead atoms. The fourth-order valence-corrected chi connectivity index (χ4v) is 2.72. The topological polar surface area (TPSA) is 107 Å². The number of tetrazole rings is 1. The highest BCUT2D eigenvalue weighted by Gasteiger charge is 2.13. The molecule has 96 valence electrons. The van der Waals surface area contributed by atoms with Crippen LogP contribution in [0.1, 0.15) is 19.2 Å². The van der Waals surface area contributed by atoms with E-state index in [9.17, 15) is 4.79 Å². The molecule has 0 aliphatic heterocycles. The quantitative estimate of drug-likeness (QED) is 0.827. The zero-order valence-corrected chi connectivity index (χ0v) is 11.1. The van der Waals surface area contributed by atoms with Crippen molar-refractivity contribution in [1.29, 1.82) is 0 Å². The molecular formula is C8H10N6O2S2. The number of hydrogen-bond acceptors (Lipinski definition) is 8. The molecule has 0 aliphatic carbocycles. The Hall–Kier alpha value is -1.55. The Kier molecular flexibility index (Phi) is 4.20. The van der Waals surface area contributed by atoms with Gasteiger partial charge in [0, 0.05) is 6.42 Å². The summed E-state index contributed by atoms with van der Waals surface area (Å²) in [5, 5.41) is 19.9. The normalized spacial score (nSPS) is 10.7. The molecule has 0 unspecified atom stereocenters. The average Bonchev–Trinajstić information content (AvgIpc) is 2.90. The maximum Gasteiger partial charge on any atom is 0.325 e. The molecule has 8 nitrogen and oxygen atoms in total. The number of nitrogens with zero attached hydrogens (tertiary/aromatic N) is 6. The van der Waals surface area contributed by atoms with E-state index < -0.39 is 5.97 Å². The zero-order valence-electron chi connectivity index (χ0n) is 9.48. The number of aliphatic carboxylic acids is 1. The van der Waals surface area contributed by atoms with Gasteiger partial charge in [0.05, 0.1) is 0 Å². The van der Waals surface area contributed by atoms with Gasteiger partial charge >= 0.3 is 5.97 Å². The zero-order chi connectivity index (χ0) is 13.0. The van der Waals surface area contributed by atoms with Crippen LogP contribution in [0.2, 0.25) is 0 Å². The smallest absolute Gasteiger partial charge is 0.325 e. The van der Waals surface area contributed by atoms with Gasteiger partial charge in [-0.1, -0.05) is 6.92 Å². The molecule has 0 saturated carbocycles. The number of carboxylic acids is 1. The average molecular weight is 286 g/mol. The molecule has 1 N–H and O–H groups in total. The Bertz CT molecular complexity index is 539. The Balaban J connectivity index is 2.08. The third-order valence-electron chi connectivity index (χ3n) is 1.89. The van der Waals surface area contributed by atoms with E-state index in [0.29, 0.717) is 9.50 Å². The van der Waals surface area contributed by atoms with Gasteiger partial charge in [-0.3, -0.25) is 4.79 Å². The first-order valence-electron chi connectivity index (χ1n) is 5.17. The lowest BCUT2D eigenvalue weighted by Crippen LogP contribution is -2.11. The second-order valence-electron chi connectivity index (χ2n) is 3.34. The van der Waals surface area contributed by atoms with Crippen LogP contribution in [0.4, 0.5) is 0 Å². The molecule has 0 radical (unpaired) electrons. The molecule has 0 fully saturated rings. The molecule has 10 heteroatoms. The van der Waals surface area contributed by atoms with Gasteiger partial charge in [0.25, 0.3) is 0 Å². The number of aryl methyl sites for hydroxylation is 1. The van der Waals surface area contributed by atoms with E-state index in [4.69, 9.17) is 5.11 Å². The minimum atomic E-state index is -0.993. The Morgan fingerprint density at radius 1 is 1.56 bits per heavy atom. The minimum Gasteiger partial charge on any atom is -0.480 e. The molecular weight excluding hydrogens is 276 g/mol. The van der Waals surface area contributed by atoms with Crippen LogP contribution in [0.5, 0.6) is 0 Å². The summed E-state index contributed by atoms with van der Waals surface area (Å²) in [5.74, 6) is -0.199. The highest BCUT2D eigenvalue weighted by molar-refractivity contribution is 8.00. The van der Waals surface area contributed by atoms with Gasteiger partial charge < -0.3 is 5.11 Å². The number of aromatic nitrogens is 6. The third-order valence-corrected chi connectivity index (χ3v) is 3.65. The molecule has 0 spiro atoms. The molecule has 0 amide bonds. The SMILES string of the molecule is CCCc1nsc(Sc2nnnn2CC(=O)O)n1. The van der Waals surface area contributed by atoms with Gasteiger partial charge in [-0.05, 0) is 40.1 Å². The summed E-state index contributed by atoms with van der Waals surface area (Å²) in [6.45, 7) is 1.79. The lowest BCUT2D eigenvalue weighted by atomic mass is 10.3. The highest BCUT2D eigenvalue weighted by atomic mass is 32.2. The van der Waals surface area contributed by atoms with Crippen molar-refractivity contribution in [1.82, 2.24) is 29.6 Å². The van der Waals surface area contributed by atoms with Crippen molar-refractivity contribution < 1.29 is 9.90 Å². The van der Waals surface area contributed by atoms with Gasteiger partial charge in [0.2, 0.25) is 5.16 Å². The number of carboxylic acid groups (broad SMARTS) is 1. The molecule has 2 aromatic rings. The monoisotopic (exact) mass is 286 g/mol. The lowest BCUT2D eigenvalue weighted by molar-refractivity contribution is -0.138. The fourth-order valence-electron chi connectivity index (χ4n) is 1.18. The van der Waals surface area contributed by atoms with E-state index in [-0.39, 0.29) is 6.54 Å². The van der Waals surface area contributed by atoms with Crippen LogP contribution >= 0.6 is 23.3 Å².